The maximum atomic E-state index is 13.4. The van der Waals surface area contributed by atoms with Gasteiger partial charge in [0.2, 0.25) is 5.91 Å². The highest BCUT2D eigenvalue weighted by atomic mass is 19.1. The molecule has 3 rings (SSSR count). The van der Waals surface area contributed by atoms with E-state index >= 15 is 0 Å². The molecule has 1 amide bonds. The normalized spacial score (nSPS) is 17.6. The van der Waals surface area contributed by atoms with E-state index in [0.29, 0.717) is 6.42 Å². The second-order valence-corrected chi connectivity index (χ2v) is 7.54. The van der Waals surface area contributed by atoms with Crippen molar-refractivity contribution in [3.05, 3.63) is 42.1 Å². The Hall–Kier alpha value is -2.90. The van der Waals surface area contributed by atoms with Crippen LogP contribution in [-0.2, 0) is 11.2 Å². The predicted octanol–water partition coefficient (Wildman–Crippen LogP) is 2.74. The van der Waals surface area contributed by atoms with Crippen molar-refractivity contribution in [3.8, 4) is 0 Å². The fourth-order valence-electron chi connectivity index (χ4n) is 3.68. The number of nitrogens with zero attached hydrogens (tertiary/aromatic N) is 3. The Balaban J connectivity index is 1.66. The molecule has 2 atom stereocenters. The Labute approximate surface area is 170 Å². The summed E-state index contributed by atoms with van der Waals surface area (Å²) in [7, 11) is 0. The molecule has 29 heavy (non-hydrogen) atoms. The van der Waals surface area contributed by atoms with Gasteiger partial charge in [-0.25, -0.2) is 14.4 Å². The Kier molecular flexibility index (Phi) is 6.85. The van der Waals surface area contributed by atoms with Crippen molar-refractivity contribution in [1.29, 1.82) is 0 Å². The molecule has 7 nitrogen and oxygen atoms in total. The number of carbonyl (C=O) groups is 1. The van der Waals surface area contributed by atoms with Crippen LogP contribution in [0, 0.1) is 5.82 Å². The van der Waals surface area contributed by atoms with Crippen molar-refractivity contribution in [2.45, 2.75) is 51.6 Å². The molecule has 156 valence electrons. The number of anilines is 3. The SMILES string of the molecule is CCC(Cc1cc(N2CCCC(NC(C)=O)C2)ncn1)Nc1ccc(F)c(N)c1. The smallest absolute Gasteiger partial charge is 0.217 e. The molecule has 2 heterocycles. The minimum absolute atomic E-state index is 0.00137. The summed E-state index contributed by atoms with van der Waals surface area (Å²) in [6.45, 7) is 5.31. The number of nitrogens with one attached hydrogen (secondary N) is 2. The molecule has 0 spiro atoms. The van der Waals surface area contributed by atoms with Crippen LogP contribution in [0.1, 0.15) is 38.8 Å². The lowest BCUT2D eigenvalue weighted by Crippen LogP contribution is -2.47. The van der Waals surface area contributed by atoms with Crippen LogP contribution in [0.25, 0.3) is 0 Å². The first-order chi connectivity index (χ1) is 13.9. The van der Waals surface area contributed by atoms with Crippen LogP contribution < -0.4 is 21.3 Å². The van der Waals surface area contributed by atoms with Crippen LogP contribution in [-0.4, -0.2) is 41.0 Å². The predicted molar refractivity (Wildman–Crippen MR) is 113 cm³/mol. The van der Waals surface area contributed by atoms with Gasteiger partial charge in [-0.1, -0.05) is 6.92 Å². The van der Waals surface area contributed by atoms with Crippen LogP contribution >= 0.6 is 0 Å². The van der Waals surface area contributed by atoms with Crippen molar-refractivity contribution in [2.75, 3.05) is 29.0 Å². The molecule has 1 aromatic heterocycles. The zero-order valence-electron chi connectivity index (χ0n) is 17.0. The molecule has 1 aliphatic heterocycles. The number of hydrogen-bond acceptors (Lipinski definition) is 6. The monoisotopic (exact) mass is 400 g/mol. The van der Waals surface area contributed by atoms with Gasteiger partial charge in [-0.3, -0.25) is 4.79 Å². The van der Waals surface area contributed by atoms with Gasteiger partial charge < -0.3 is 21.3 Å². The van der Waals surface area contributed by atoms with Gasteiger partial charge in [0.05, 0.1) is 5.69 Å². The summed E-state index contributed by atoms with van der Waals surface area (Å²) >= 11 is 0. The lowest BCUT2D eigenvalue weighted by atomic mass is 10.0. The van der Waals surface area contributed by atoms with E-state index in [1.54, 1.807) is 25.4 Å². The second kappa shape index (κ2) is 9.54. The minimum atomic E-state index is -0.414. The number of nitrogens with two attached hydrogens (primary N) is 1. The summed E-state index contributed by atoms with van der Waals surface area (Å²) in [5, 5.41) is 6.41. The number of piperidine rings is 1. The van der Waals surface area contributed by atoms with Gasteiger partial charge in [0.15, 0.2) is 0 Å². The number of hydrogen-bond donors (Lipinski definition) is 3. The van der Waals surface area contributed by atoms with Gasteiger partial charge in [-0.15, -0.1) is 0 Å². The van der Waals surface area contributed by atoms with Gasteiger partial charge >= 0.3 is 0 Å². The number of amides is 1. The van der Waals surface area contributed by atoms with E-state index in [1.807, 2.05) is 6.07 Å². The second-order valence-electron chi connectivity index (χ2n) is 7.54. The molecule has 1 aromatic carbocycles. The average Bonchev–Trinajstić information content (AvgIpc) is 2.70. The van der Waals surface area contributed by atoms with Crippen LogP contribution in [0.5, 0.6) is 0 Å². The fourth-order valence-corrected chi connectivity index (χ4v) is 3.68. The largest absolute Gasteiger partial charge is 0.396 e. The van der Waals surface area contributed by atoms with Gasteiger partial charge in [0, 0.05) is 56.0 Å². The highest BCUT2D eigenvalue weighted by Gasteiger charge is 2.22. The maximum Gasteiger partial charge on any atom is 0.217 e. The topological polar surface area (TPSA) is 96.2 Å². The molecule has 1 fully saturated rings. The molecule has 2 unspecified atom stereocenters. The lowest BCUT2D eigenvalue weighted by molar-refractivity contribution is -0.119. The third-order valence-electron chi connectivity index (χ3n) is 5.18. The first-order valence-corrected chi connectivity index (χ1v) is 10.1. The number of halogens is 1. The Morgan fingerprint density at radius 1 is 1.38 bits per heavy atom. The zero-order chi connectivity index (χ0) is 20.8. The molecule has 0 radical (unpaired) electrons. The zero-order valence-corrected chi connectivity index (χ0v) is 17.0. The number of rotatable bonds is 7. The third kappa shape index (κ3) is 5.79. The molecule has 0 bridgehead atoms. The van der Waals surface area contributed by atoms with E-state index in [1.165, 1.54) is 6.07 Å². The van der Waals surface area contributed by atoms with E-state index < -0.39 is 5.82 Å². The number of benzene rings is 1. The molecule has 2 aromatic rings. The molecule has 0 saturated carbocycles. The lowest BCUT2D eigenvalue weighted by Gasteiger charge is -2.33. The van der Waals surface area contributed by atoms with Crippen LogP contribution in [0.3, 0.4) is 0 Å². The standard InChI is InChI=1S/C21H29FN6O/c1-3-15(27-16-6-7-19(22)20(23)10-16)9-18-11-21(25-13-24-18)28-8-4-5-17(12-28)26-14(2)29/h6-7,10-11,13,15,17,27H,3-5,8-9,12,23H2,1-2H3,(H,26,29). The van der Waals surface area contributed by atoms with Crippen LogP contribution in [0.4, 0.5) is 21.6 Å². The van der Waals surface area contributed by atoms with Crippen molar-refractivity contribution in [2.24, 2.45) is 0 Å². The first-order valence-electron chi connectivity index (χ1n) is 10.1. The van der Waals surface area contributed by atoms with E-state index in [4.69, 9.17) is 5.73 Å². The Morgan fingerprint density at radius 2 is 2.21 bits per heavy atom. The summed E-state index contributed by atoms with van der Waals surface area (Å²) in [4.78, 5) is 22.4. The van der Waals surface area contributed by atoms with Crippen molar-refractivity contribution in [3.63, 3.8) is 0 Å². The summed E-state index contributed by atoms with van der Waals surface area (Å²) < 4.78 is 13.4. The van der Waals surface area contributed by atoms with Gasteiger partial charge in [0.25, 0.3) is 0 Å². The van der Waals surface area contributed by atoms with Crippen molar-refractivity contribution < 1.29 is 9.18 Å². The first kappa shape index (κ1) is 20.8. The molecule has 0 aliphatic carbocycles. The molecule has 1 saturated heterocycles. The Bertz CT molecular complexity index is 846. The Morgan fingerprint density at radius 3 is 2.93 bits per heavy atom. The van der Waals surface area contributed by atoms with Gasteiger partial charge in [-0.2, -0.15) is 0 Å². The maximum absolute atomic E-state index is 13.4. The highest BCUT2D eigenvalue weighted by molar-refractivity contribution is 5.73. The van der Waals surface area contributed by atoms with E-state index in [-0.39, 0.29) is 23.7 Å². The van der Waals surface area contributed by atoms with Crippen molar-refractivity contribution in [1.82, 2.24) is 15.3 Å². The average molecular weight is 401 g/mol. The molecular formula is C21H29FN6O. The molecule has 8 heteroatoms. The van der Waals surface area contributed by atoms with Gasteiger partial charge in [0.1, 0.15) is 18.0 Å². The molecular weight excluding hydrogens is 371 g/mol. The molecule has 1 aliphatic rings. The molecule has 4 N–H and O–H groups in total. The summed E-state index contributed by atoms with van der Waals surface area (Å²) in [5.74, 6) is 0.465. The van der Waals surface area contributed by atoms with Crippen LogP contribution in [0.15, 0.2) is 30.6 Å². The number of aromatic nitrogens is 2. The highest BCUT2D eigenvalue weighted by Crippen LogP contribution is 2.21. The third-order valence-corrected chi connectivity index (χ3v) is 5.18. The summed E-state index contributed by atoms with van der Waals surface area (Å²) in [6, 6.07) is 6.97. The van der Waals surface area contributed by atoms with E-state index in [0.717, 1.165) is 49.6 Å². The minimum Gasteiger partial charge on any atom is -0.396 e. The fraction of sp³-hybridized carbons (Fsp3) is 0.476. The van der Waals surface area contributed by atoms with Crippen molar-refractivity contribution >= 4 is 23.1 Å². The quantitative estimate of drug-likeness (QED) is 0.619. The van der Waals surface area contributed by atoms with Crippen LogP contribution in [0.2, 0.25) is 0 Å². The number of nitrogen functional groups attached to an aromatic ring is 1. The van der Waals surface area contributed by atoms with E-state index in [9.17, 15) is 9.18 Å². The van der Waals surface area contributed by atoms with Gasteiger partial charge in [-0.05, 0) is 37.5 Å². The van der Waals surface area contributed by atoms with E-state index in [2.05, 4.69) is 32.4 Å². The summed E-state index contributed by atoms with van der Waals surface area (Å²) in [6.07, 6.45) is 5.18. The summed E-state index contributed by atoms with van der Waals surface area (Å²) in [5.41, 5.74) is 7.53. The number of carbonyl (C=O) groups excluding carboxylic acids is 1.